The zero-order chi connectivity index (χ0) is 17.3. The van der Waals surface area contributed by atoms with E-state index in [1.165, 1.54) is 22.3 Å². The van der Waals surface area contributed by atoms with Crippen molar-refractivity contribution in [2.75, 3.05) is 16.8 Å². The van der Waals surface area contributed by atoms with Gasteiger partial charge in [0.2, 0.25) is 5.91 Å². The largest absolute Gasteiger partial charge is 0.301 e. The van der Waals surface area contributed by atoms with Crippen molar-refractivity contribution in [3.05, 3.63) is 23.2 Å². The Morgan fingerprint density at radius 2 is 2.17 bits per heavy atom. The maximum atomic E-state index is 11.9. The van der Waals surface area contributed by atoms with Gasteiger partial charge in [-0.2, -0.15) is 0 Å². The first-order valence-corrected chi connectivity index (χ1v) is 10.3. The number of thiazole rings is 1. The molecular formula is C16H24N2O3S2. The summed E-state index contributed by atoms with van der Waals surface area (Å²) >= 11 is 1.46. The first-order chi connectivity index (χ1) is 10.6. The summed E-state index contributed by atoms with van der Waals surface area (Å²) in [6.07, 6.45) is 4.28. The van der Waals surface area contributed by atoms with Gasteiger partial charge in [-0.1, -0.05) is 26.8 Å². The summed E-state index contributed by atoms with van der Waals surface area (Å²) in [5, 5.41) is 3.13. The summed E-state index contributed by atoms with van der Waals surface area (Å²) in [4.78, 5) is 17.5. The van der Waals surface area contributed by atoms with Crippen LogP contribution in [0.25, 0.3) is 0 Å². The molecule has 5 nitrogen and oxygen atoms in total. The minimum absolute atomic E-state index is 0.192. The quantitative estimate of drug-likeness (QED) is 0.823. The Balaban J connectivity index is 2.03. The van der Waals surface area contributed by atoms with Crippen LogP contribution < -0.4 is 5.32 Å². The molecule has 0 radical (unpaired) electrons. The number of rotatable bonds is 5. The highest BCUT2D eigenvalue weighted by Crippen LogP contribution is 2.40. The number of aromatic nitrogens is 1. The molecule has 7 heteroatoms. The van der Waals surface area contributed by atoms with E-state index in [4.69, 9.17) is 0 Å². The molecule has 1 unspecified atom stereocenters. The number of carbonyl (C=O) groups is 1. The van der Waals surface area contributed by atoms with Gasteiger partial charge in [0.15, 0.2) is 15.0 Å². The molecule has 1 aromatic heterocycles. The highest BCUT2D eigenvalue weighted by molar-refractivity contribution is 7.92. The molecule has 128 valence electrons. The lowest BCUT2D eigenvalue weighted by Gasteiger charge is -2.33. The van der Waals surface area contributed by atoms with Gasteiger partial charge in [-0.3, -0.25) is 4.79 Å². The minimum atomic E-state index is -3.43. The Bertz CT molecular complexity index is 699. The fraction of sp³-hybridized carbons (Fsp3) is 0.625. The number of nitrogens with one attached hydrogen (secondary N) is 1. The third-order valence-electron chi connectivity index (χ3n) is 4.13. The highest BCUT2D eigenvalue weighted by Gasteiger charge is 2.31. The Morgan fingerprint density at radius 3 is 2.78 bits per heavy atom. The summed E-state index contributed by atoms with van der Waals surface area (Å²) in [5.74, 6) is -0.659. The van der Waals surface area contributed by atoms with Crippen molar-refractivity contribution < 1.29 is 13.2 Å². The van der Waals surface area contributed by atoms with Gasteiger partial charge in [0.1, 0.15) is 5.75 Å². The van der Waals surface area contributed by atoms with Crippen molar-refractivity contribution in [1.82, 2.24) is 4.98 Å². The number of hydrogen-bond donors (Lipinski definition) is 1. The van der Waals surface area contributed by atoms with E-state index in [1.54, 1.807) is 0 Å². The number of anilines is 1. The Kier molecular flexibility index (Phi) is 5.30. The summed E-state index contributed by atoms with van der Waals surface area (Å²) < 4.78 is 23.3. The van der Waals surface area contributed by atoms with Gasteiger partial charge in [0.25, 0.3) is 0 Å². The summed E-state index contributed by atoms with van der Waals surface area (Å²) in [6.45, 7) is 10.1. The monoisotopic (exact) mass is 356 g/mol. The van der Waals surface area contributed by atoms with Gasteiger partial charge < -0.3 is 5.32 Å². The summed E-state index contributed by atoms with van der Waals surface area (Å²) in [5.41, 5.74) is 1.30. The fourth-order valence-corrected chi connectivity index (χ4v) is 4.81. The first kappa shape index (κ1) is 18.1. The van der Waals surface area contributed by atoms with Crippen LogP contribution in [0.1, 0.15) is 37.8 Å². The molecule has 1 aromatic rings. The van der Waals surface area contributed by atoms with Gasteiger partial charge in [0.05, 0.1) is 11.4 Å². The Morgan fingerprint density at radius 1 is 1.48 bits per heavy atom. The molecular weight excluding hydrogens is 332 g/mol. The number of carbonyl (C=O) groups excluding carboxylic acids is 1. The van der Waals surface area contributed by atoms with E-state index >= 15 is 0 Å². The second-order valence-corrected chi connectivity index (χ2v) is 10.3. The molecule has 0 aliphatic heterocycles. The molecule has 0 spiro atoms. The van der Waals surface area contributed by atoms with Crippen LogP contribution in [0, 0.1) is 11.3 Å². The van der Waals surface area contributed by atoms with E-state index in [-0.39, 0.29) is 11.2 Å². The predicted octanol–water partition coefficient (Wildman–Crippen LogP) is 2.83. The lowest BCUT2D eigenvalue weighted by Crippen LogP contribution is -2.26. The van der Waals surface area contributed by atoms with Crippen molar-refractivity contribution in [3.63, 3.8) is 0 Å². The predicted molar refractivity (Wildman–Crippen MR) is 94.6 cm³/mol. The smallest absolute Gasteiger partial charge is 0.241 e. The van der Waals surface area contributed by atoms with E-state index < -0.39 is 21.5 Å². The Hall–Kier alpha value is -1.21. The van der Waals surface area contributed by atoms with Crippen molar-refractivity contribution in [2.45, 2.75) is 40.0 Å². The molecule has 1 N–H and O–H groups in total. The van der Waals surface area contributed by atoms with Gasteiger partial charge in [-0.25, -0.2) is 13.4 Å². The van der Waals surface area contributed by atoms with Crippen molar-refractivity contribution in [3.8, 4) is 0 Å². The van der Waals surface area contributed by atoms with E-state index in [0.717, 1.165) is 25.0 Å². The number of nitrogens with zero attached hydrogens (tertiary/aromatic N) is 1. The molecule has 0 fully saturated rings. The molecule has 0 bridgehead atoms. The number of sulfone groups is 1. The maximum absolute atomic E-state index is 11.9. The van der Waals surface area contributed by atoms with Crippen LogP contribution in [0.15, 0.2) is 12.7 Å². The lowest BCUT2D eigenvalue weighted by molar-refractivity contribution is -0.113. The normalized spacial score (nSPS) is 18.3. The molecule has 1 atom stereocenters. The van der Waals surface area contributed by atoms with Crippen LogP contribution in [0.5, 0.6) is 0 Å². The molecule has 23 heavy (non-hydrogen) atoms. The summed E-state index contributed by atoms with van der Waals surface area (Å²) in [6, 6.07) is 0. The van der Waals surface area contributed by atoms with E-state index in [9.17, 15) is 13.2 Å². The molecule has 0 saturated carbocycles. The molecule has 2 rings (SSSR count). The zero-order valence-electron chi connectivity index (χ0n) is 13.9. The third-order valence-corrected chi connectivity index (χ3v) is 6.61. The average Bonchev–Trinajstić information content (AvgIpc) is 2.77. The van der Waals surface area contributed by atoms with Crippen LogP contribution in [0.2, 0.25) is 0 Å². The maximum Gasteiger partial charge on any atom is 0.241 e. The van der Waals surface area contributed by atoms with Crippen LogP contribution in [0.4, 0.5) is 5.13 Å². The van der Waals surface area contributed by atoms with E-state index in [0.29, 0.717) is 11.0 Å². The van der Waals surface area contributed by atoms with Crippen LogP contribution in [0.3, 0.4) is 0 Å². The second-order valence-electron chi connectivity index (χ2n) is 7.09. The standard InChI is InChI=1S/C16H24N2O3S2/c1-5-8-23(20,21)10-14(19)18-15-17-12-7-6-11(16(2,3)4)9-13(12)22-15/h5,11H,1,6-10H2,2-4H3,(H,17,18,19). The molecule has 0 saturated heterocycles. The first-order valence-electron chi connectivity index (χ1n) is 7.70. The van der Waals surface area contributed by atoms with Crippen molar-refractivity contribution >= 4 is 32.2 Å². The lowest BCUT2D eigenvalue weighted by atomic mass is 9.73. The summed E-state index contributed by atoms with van der Waals surface area (Å²) in [7, 11) is -3.43. The van der Waals surface area contributed by atoms with Gasteiger partial charge in [-0.05, 0) is 30.6 Å². The number of amides is 1. The molecule has 0 aromatic carbocycles. The van der Waals surface area contributed by atoms with Gasteiger partial charge in [0, 0.05) is 4.88 Å². The molecule has 1 aliphatic carbocycles. The topological polar surface area (TPSA) is 76.1 Å². The fourth-order valence-electron chi connectivity index (χ4n) is 2.76. The minimum Gasteiger partial charge on any atom is -0.301 e. The van der Waals surface area contributed by atoms with Crippen LogP contribution in [-0.4, -0.2) is 30.8 Å². The van der Waals surface area contributed by atoms with E-state index in [1.807, 2.05) is 0 Å². The molecule has 1 aliphatic rings. The van der Waals surface area contributed by atoms with Crippen molar-refractivity contribution in [2.24, 2.45) is 11.3 Å². The second kappa shape index (κ2) is 6.73. The van der Waals surface area contributed by atoms with E-state index in [2.05, 4.69) is 37.7 Å². The number of aryl methyl sites for hydroxylation is 1. The highest BCUT2D eigenvalue weighted by atomic mass is 32.2. The SMILES string of the molecule is C=CCS(=O)(=O)CC(=O)Nc1nc2c(s1)CC(C(C)(C)C)CC2. The van der Waals surface area contributed by atoms with Crippen molar-refractivity contribution in [1.29, 1.82) is 0 Å². The third kappa shape index (κ3) is 4.88. The van der Waals surface area contributed by atoms with Gasteiger partial charge in [-0.15, -0.1) is 17.9 Å². The average molecular weight is 357 g/mol. The van der Waals surface area contributed by atoms with Crippen LogP contribution in [-0.2, 0) is 27.5 Å². The molecule has 1 amide bonds. The zero-order valence-corrected chi connectivity index (χ0v) is 15.5. The Labute approximate surface area is 142 Å². The van der Waals surface area contributed by atoms with Gasteiger partial charge >= 0.3 is 0 Å². The molecule has 1 heterocycles. The number of hydrogen-bond acceptors (Lipinski definition) is 5. The van der Waals surface area contributed by atoms with Crippen LogP contribution >= 0.6 is 11.3 Å². The number of fused-ring (bicyclic) bond motifs is 1.